The zero-order chi connectivity index (χ0) is 17.3. The number of likely N-dealkylation sites (tertiary alicyclic amines) is 1. The van der Waals surface area contributed by atoms with Crippen molar-refractivity contribution >= 4 is 23.7 Å². The van der Waals surface area contributed by atoms with Gasteiger partial charge in [0.2, 0.25) is 0 Å². The molecule has 24 heavy (non-hydrogen) atoms. The summed E-state index contributed by atoms with van der Waals surface area (Å²) in [5.74, 6) is 1.10. The smallest absolute Gasteiger partial charge is 0.319 e. The number of aryl methyl sites for hydroxylation is 1. The first-order valence-electron chi connectivity index (χ1n) is 8.42. The summed E-state index contributed by atoms with van der Waals surface area (Å²) < 4.78 is 0. The molecule has 2 saturated heterocycles. The van der Waals surface area contributed by atoms with Crippen LogP contribution in [-0.4, -0.2) is 71.0 Å². The molecule has 5 nitrogen and oxygen atoms in total. The first-order chi connectivity index (χ1) is 11.4. The second kappa shape index (κ2) is 6.67. The van der Waals surface area contributed by atoms with E-state index < -0.39 is 0 Å². The van der Waals surface area contributed by atoms with E-state index in [1.165, 1.54) is 0 Å². The predicted octanol–water partition coefficient (Wildman–Crippen LogP) is 2.66. The van der Waals surface area contributed by atoms with Gasteiger partial charge in [-0.05, 0) is 31.4 Å². The lowest BCUT2D eigenvalue weighted by molar-refractivity contribution is 0.0569. The standard InChI is InChI=1S/C18H25N3O2S/c1-14-6-4-5-7-15(14)16(22)21-12-13-24-18(21)8-10-20(11-9-18)17(23)19(2)3/h4-7H,8-13H2,1-3H3. The number of hydrogen-bond donors (Lipinski definition) is 0. The van der Waals surface area contributed by atoms with Crippen LogP contribution in [0.15, 0.2) is 24.3 Å². The van der Waals surface area contributed by atoms with Crippen molar-refractivity contribution in [2.45, 2.75) is 24.6 Å². The molecule has 0 saturated carbocycles. The van der Waals surface area contributed by atoms with Gasteiger partial charge in [-0.1, -0.05) is 18.2 Å². The minimum absolute atomic E-state index is 0.0598. The summed E-state index contributed by atoms with van der Waals surface area (Å²) >= 11 is 1.88. The Morgan fingerprint density at radius 2 is 1.79 bits per heavy atom. The number of amides is 3. The van der Waals surface area contributed by atoms with Gasteiger partial charge in [-0.2, -0.15) is 0 Å². The molecule has 0 aromatic heterocycles. The van der Waals surface area contributed by atoms with Gasteiger partial charge in [-0.25, -0.2) is 4.79 Å². The van der Waals surface area contributed by atoms with E-state index in [1.807, 2.05) is 47.9 Å². The Hall–Kier alpha value is -1.69. The number of carbonyl (C=O) groups is 2. The third kappa shape index (κ3) is 2.99. The Morgan fingerprint density at radius 3 is 2.42 bits per heavy atom. The highest BCUT2D eigenvalue weighted by molar-refractivity contribution is 8.00. The summed E-state index contributed by atoms with van der Waals surface area (Å²) in [5, 5.41) is 0. The number of urea groups is 1. The number of hydrogen-bond acceptors (Lipinski definition) is 3. The van der Waals surface area contributed by atoms with E-state index in [4.69, 9.17) is 0 Å². The molecule has 0 aliphatic carbocycles. The molecule has 2 fully saturated rings. The van der Waals surface area contributed by atoms with Gasteiger partial charge in [-0.3, -0.25) is 4.79 Å². The fourth-order valence-electron chi connectivity index (χ4n) is 3.60. The SMILES string of the molecule is Cc1ccccc1C(=O)N1CCSC12CCN(C(=O)N(C)C)CC2. The second-order valence-corrected chi connectivity index (χ2v) is 8.19. The fourth-order valence-corrected chi connectivity index (χ4v) is 5.05. The molecule has 3 amide bonds. The Kier molecular flexibility index (Phi) is 4.76. The Morgan fingerprint density at radius 1 is 1.12 bits per heavy atom. The highest BCUT2D eigenvalue weighted by Crippen LogP contribution is 2.44. The van der Waals surface area contributed by atoms with Crippen molar-refractivity contribution in [3.05, 3.63) is 35.4 Å². The van der Waals surface area contributed by atoms with E-state index >= 15 is 0 Å². The molecule has 2 aliphatic heterocycles. The van der Waals surface area contributed by atoms with E-state index in [2.05, 4.69) is 4.90 Å². The normalized spacial score (nSPS) is 19.6. The van der Waals surface area contributed by atoms with E-state index in [0.29, 0.717) is 13.1 Å². The summed E-state index contributed by atoms with van der Waals surface area (Å²) in [6.45, 7) is 4.20. The van der Waals surface area contributed by atoms with Gasteiger partial charge >= 0.3 is 6.03 Å². The Labute approximate surface area is 148 Å². The largest absolute Gasteiger partial charge is 0.331 e. The molecule has 0 radical (unpaired) electrons. The minimum atomic E-state index is -0.150. The molecule has 0 atom stereocenters. The zero-order valence-electron chi connectivity index (χ0n) is 14.6. The van der Waals surface area contributed by atoms with Crippen LogP contribution in [0.1, 0.15) is 28.8 Å². The van der Waals surface area contributed by atoms with Gasteiger partial charge in [0.15, 0.2) is 0 Å². The quantitative estimate of drug-likeness (QED) is 0.784. The van der Waals surface area contributed by atoms with Crippen molar-refractivity contribution in [2.75, 3.05) is 39.5 Å². The summed E-state index contributed by atoms with van der Waals surface area (Å²) in [5.41, 5.74) is 1.82. The van der Waals surface area contributed by atoms with E-state index in [9.17, 15) is 9.59 Å². The van der Waals surface area contributed by atoms with Gasteiger partial charge in [0.05, 0.1) is 4.87 Å². The van der Waals surface area contributed by atoms with Crippen molar-refractivity contribution in [3.8, 4) is 0 Å². The van der Waals surface area contributed by atoms with Crippen LogP contribution in [0.2, 0.25) is 0 Å². The van der Waals surface area contributed by atoms with Crippen molar-refractivity contribution in [2.24, 2.45) is 0 Å². The summed E-state index contributed by atoms with van der Waals surface area (Å²) in [6.07, 6.45) is 1.68. The molecule has 130 valence electrons. The molecular formula is C18H25N3O2S. The molecule has 1 aromatic carbocycles. The first kappa shape index (κ1) is 17.1. The lowest BCUT2D eigenvalue weighted by atomic mass is 10.00. The van der Waals surface area contributed by atoms with Crippen LogP contribution in [0.25, 0.3) is 0 Å². The zero-order valence-corrected chi connectivity index (χ0v) is 15.4. The average Bonchev–Trinajstić information content (AvgIpc) is 2.98. The number of piperidine rings is 1. The lowest BCUT2D eigenvalue weighted by Crippen LogP contribution is -2.55. The molecule has 6 heteroatoms. The van der Waals surface area contributed by atoms with Crippen LogP contribution in [-0.2, 0) is 0 Å². The van der Waals surface area contributed by atoms with Gasteiger partial charge < -0.3 is 14.7 Å². The van der Waals surface area contributed by atoms with Crippen molar-refractivity contribution in [1.29, 1.82) is 0 Å². The Balaban J connectivity index is 1.76. The molecule has 0 unspecified atom stereocenters. The fraction of sp³-hybridized carbons (Fsp3) is 0.556. The van der Waals surface area contributed by atoms with Gasteiger partial charge in [0.1, 0.15) is 0 Å². The highest BCUT2D eigenvalue weighted by atomic mass is 32.2. The van der Waals surface area contributed by atoms with E-state index in [-0.39, 0.29) is 16.8 Å². The molecule has 2 heterocycles. The topological polar surface area (TPSA) is 43.9 Å². The van der Waals surface area contributed by atoms with Crippen LogP contribution in [0, 0.1) is 6.92 Å². The molecule has 0 N–H and O–H groups in total. The average molecular weight is 347 g/mol. The summed E-state index contributed by atoms with van der Waals surface area (Å²) in [7, 11) is 3.57. The molecule has 0 bridgehead atoms. The molecule has 2 aliphatic rings. The van der Waals surface area contributed by atoms with Crippen LogP contribution in [0.4, 0.5) is 4.79 Å². The maximum Gasteiger partial charge on any atom is 0.319 e. The minimum Gasteiger partial charge on any atom is -0.331 e. The van der Waals surface area contributed by atoms with Crippen LogP contribution < -0.4 is 0 Å². The van der Waals surface area contributed by atoms with E-state index in [1.54, 1.807) is 19.0 Å². The van der Waals surface area contributed by atoms with Crippen LogP contribution in [0.3, 0.4) is 0 Å². The van der Waals surface area contributed by atoms with Crippen molar-refractivity contribution in [3.63, 3.8) is 0 Å². The first-order valence-corrected chi connectivity index (χ1v) is 9.41. The summed E-state index contributed by atoms with van der Waals surface area (Å²) in [4.78, 5) is 30.6. The third-order valence-electron chi connectivity index (χ3n) is 5.00. The van der Waals surface area contributed by atoms with E-state index in [0.717, 1.165) is 36.3 Å². The second-order valence-electron chi connectivity index (χ2n) is 6.73. The number of rotatable bonds is 1. The lowest BCUT2D eigenvalue weighted by Gasteiger charge is -2.44. The van der Waals surface area contributed by atoms with Gasteiger partial charge in [0.25, 0.3) is 5.91 Å². The molecule has 1 aromatic rings. The maximum absolute atomic E-state index is 13.1. The predicted molar refractivity (Wildman–Crippen MR) is 97.3 cm³/mol. The number of benzene rings is 1. The molecule has 1 spiro atoms. The van der Waals surface area contributed by atoms with Crippen LogP contribution in [0.5, 0.6) is 0 Å². The molecular weight excluding hydrogens is 322 g/mol. The number of thioether (sulfide) groups is 1. The summed E-state index contributed by atoms with van der Waals surface area (Å²) in [6, 6.07) is 7.85. The van der Waals surface area contributed by atoms with Gasteiger partial charge in [-0.15, -0.1) is 11.8 Å². The third-order valence-corrected chi connectivity index (χ3v) is 6.55. The number of nitrogens with zero attached hydrogens (tertiary/aromatic N) is 3. The van der Waals surface area contributed by atoms with Crippen LogP contribution >= 0.6 is 11.8 Å². The van der Waals surface area contributed by atoms with Crippen molar-refractivity contribution in [1.82, 2.24) is 14.7 Å². The number of carbonyl (C=O) groups excluding carboxylic acids is 2. The Bertz CT molecular complexity index is 639. The monoisotopic (exact) mass is 347 g/mol. The van der Waals surface area contributed by atoms with Crippen molar-refractivity contribution < 1.29 is 9.59 Å². The maximum atomic E-state index is 13.1. The molecule has 3 rings (SSSR count). The van der Waals surface area contributed by atoms with Gasteiger partial charge in [0, 0.05) is 45.0 Å². The highest BCUT2D eigenvalue weighted by Gasteiger charge is 2.47.